The van der Waals surface area contributed by atoms with Gasteiger partial charge in [0.25, 0.3) is 0 Å². The Hall–Kier alpha value is 1.12. The van der Waals surface area contributed by atoms with E-state index < -0.39 is 29.3 Å². The summed E-state index contributed by atoms with van der Waals surface area (Å²) in [5, 5.41) is 3.31. The predicted octanol–water partition coefficient (Wildman–Crippen LogP) is 1.42. The molecule has 2 heteroatoms. The molecular weight excluding hydrogens is 222 g/mol. The summed E-state index contributed by atoms with van der Waals surface area (Å²) in [7, 11) is 0. The van der Waals surface area contributed by atoms with Crippen LogP contribution in [-0.4, -0.2) is 29.3 Å². The van der Waals surface area contributed by atoms with Crippen molar-refractivity contribution >= 4 is 29.3 Å². The SMILES string of the molecule is C[AsH2](C)CC[AsH2](C)C. The zero-order valence-electron chi connectivity index (χ0n) is 6.57. The molecule has 8 heavy (non-hydrogen) atoms. The second-order valence-corrected chi connectivity index (χ2v) is 17.5. The molecule has 0 heterocycles. The first-order valence-corrected chi connectivity index (χ1v) is 16.7. The van der Waals surface area contributed by atoms with Gasteiger partial charge < -0.3 is 0 Å². The molecule has 0 saturated carbocycles. The minimum atomic E-state index is -0.569. The second kappa shape index (κ2) is 4.95. The molecule has 0 atom stereocenters. The van der Waals surface area contributed by atoms with Gasteiger partial charge >= 0.3 is 62.6 Å². The number of hydrogen-bond donors (Lipinski definition) is 0. The number of hydrogen-bond acceptors (Lipinski definition) is 0. The van der Waals surface area contributed by atoms with Gasteiger partial charge in [-0.15, -0.1) is 0 Å². The van der Waals surface area contributed by atoms with Gasteiger partial charge in [-0.25, -0.2) is 0 Å². The summed E-state index contributed by atoms with van der Waals surface area (Å²) in [6.07, 6.45) is 0. The fraction of sp³-hybridized carbons (Fsp3) is 1.00. The van der Waals surface area contributed by atoms with Gasteiger partial charge in [-0.05, 0) is 0 Å². The third-order valence-corrected chi connectivity index (χ3v) is 10.5. The van der Waals surface area contributed by atoms with Crippen LogP contribution in [0.3, 0.4) is 0 Å². The Kier molecular flexibility index (Phi) is 5.64. The van der Waals surface area contributed by atoms with Crippen LogP contribution < -0.4 is 0 Å². The molecule has 0 bridgehead atoms. The third kappa shape index (κ3) is 7.12. The van der Waals surface area contributed by atoms with Crippen LogP contribution in [0.25, 0.3) is 0 Å². The van der Waals surface area contributed by atoms with E-state index in [0.29, 0.717) is 0 Å². The zero-order valence-corrected chi connectivity index (χ0v) is 11.4. The van der Waals surface area contributed by atoms with E-state index in [4.69, 9.17) is 0 Å². The van der Waals surface area contributed by atoms with Gasteiger partial charge in [0, 0.05) is 0 Å². The molecule has 0 saturated heterocycles. The molecule has 0 spiro atoms. The van der Waals surface area contributed by atoms with E-state index in [-0.39, 0.29) is 0 Å². The molecule has 0 aliphatic rings. The average molecular weight is 242 g/mol. The van der Waals surface area contributed by atoms with Gasteiger partial charge in [0.15, 0.2) is 0 Å². The summed E-state index contributed by atoms with van der Waals surface area (Å²) in [4.78, 5) is 0. The summed E-state index contributed by atoms with van der Waals surface area (Å²) in [6, 6.07) is 0. The van der Waals surface area contributed by atoms with Crippen LogP contribution in [0.2, 0.25) is 33.3 Å². The van der Waals surface area contributed by atoms with E-state index >= 15 is 0 Å². The van der Waals surface area contributed by atoms with Crippen molar-refractivity contribution in [3.63, 3.8) is 0 Å². The summed E-state index contributed by atoms with van der Waals surface area (Å²) >= 11 is -1.14. The van der Waals surface area contributed by atoms with Crippen LogP contribution in [0, 0.1) is 0 Å². The molecule has 0 fully saturated rings. The molecule has 0 nitrogen and oxygen atoms in total. The van der Waals surface area contributed by atoms with Crippen molar-refractivity contribution in [3.05, 3.63) is 0 Å². The Bertz CT molecular complexity index is 42.5. The Labute approximate surface area is 62.6 Å². The van der Waals surface area contributed by atoms with Crippen LogP contribution >= 0.6 is 0 Å². The fourth-order valence-corrected chi connectivity index (χ4v) is 18.0. The first kappa shape index (κ1) is 9.12. The van der Waals surface area contributed by atoms with Crippen molar-refractivity contribution in [1.29, 1.82) is 0 Å². The van der Waals surface area contributed by atoms with Crippen molar-refractivity contribution in [3.8, 4) is 0 Å². The standard InChI is InChI=1S/C6H20As2/c1-7(2)5-6-8(3)4/h5-8H2,1-4H3. The molecule has 0 unspecified atom stereocenters. The van der Waals surface area contributed by atoms with Crippen LogP contribution in [-0.2, 0) is 0 Å². The zero-order chi connectivity index (χ0) is 6.57. The second-order valence-electron chi connectivity index (χ2n) is 3.37. The number of rotatable bonds is 3. The normalized spacial score (nSPS) is 13.5. The quantitative estimate of drug-likeness (QED) is 0.656. The van der Waals surface area contributed by atoms with Crippen molar-refractivity contribution in [2.75, 3.05) is 0 Å². The van der Waals surface area contributed by atoms with Gasteiger partial charge in [-0.1, -0.05) is 0 Å². The Morgan fingerprint density at radius 1 is 0.750 bits per heavy atom. The molecule has 0 rings (SSSR count). The molecule has 0 aromatic rings. The van der Waals surface area contributed by atoms with Crippen molar-refractivity contribution in [2.24, 2.45) is 0 Å². The van der Waals surface area contributed by atoms with E-state index in [9.17, 15) is 0 Å². The molecule has 0 amide bonds. The maximum atomic E-state index is 2.50. The first-order chi connectivity index (χ1) is 3.63. The molecular formula is C6H20As2. The minimum absolute atomic E-state index is 0.569. The monoisotopic (exact) mass is 242 g/mol. The van der Waals surface area contributed by atoms with Gasteiger partial charge in [0.05, 0.1) is 0 Å². The summed E-state index contributed by atoms with van der Waals surface area (Å²) in [5.74, 6) is 0. The van der Waals surface area contributed by atoms with E-state index in [1.807, 2.05) is 0 Å². The van der Waals surface area contributed by atoms with Crippen LogP contribution in [0.5, 0.6) is 0 Å². The van der Waals surface area contributed by atoms with Crippen molar-refractivity contribution in [2.45, 2.75) is 33.3 Å². The Balaban J connectivity index is 2.93. The van der Waals surface area contributed by atoms with Crippen molar-refractivity contribution < 1.29 is 0 Å². The van der Waals surface area contributed by atoms with E-state index in [2.05, 4.69) is 22.8 Å². The predicted molar refractivity (Wildman–Crippen MR) is 50.2 cm³/mol. The Morgan fingerprint density at radius 2 is 1.00 bits per heavy atom. The topological polar surface area (TPSA) is 0 Å². The average Bonchev–Trinajstić information content (AvgIpc) is 1.61. The first-order valence-electron chi connectivity index (χ1n) is 3.63. The maximum absolute atomic E-state index is 2.50. The third-order valence-electron chi connectivity index (χ3n) is 1.32. The van der Waals surface area contributed by atoms with Gasteiger partial charge in [-0.3, -0.25) is 0 Å². The summed E-state index contributed by atoms with van der Waals surface area (Å²) in [5.41, 5.74) is 9.99. The summed E-state index contributed by atoms with van der Waals surface area (Å²) in [6.45, 7) is 0. The molecule has 0 radical (unpaired) electrons. The van der Waals surface area contributed by atoms with E-state index in [0.717, 1.165) is 0 Å². The molecule has 0 aromatic heterocycles. The molecule has 0 N–H and O–H groups in total. The van der Waals surface area contributed by atoms with Gasteiger partial charge in [0.1, 0.15) is 0 Å². The fourth-order valence-electron chi connectivity index (χ4n) is 0.667. The van der Waals surface area contributed by atoms with Crippen LogP contribution in [0.4, 0.5) is 0 Å². The van der Waals surface area contributed by atoms with E-state index in [1.165, 1.54) is 0 Å². The van der Waals surface area contributed by atoms with Gasteiger partial charge in [-0.2, -0.15) is 0 Å². The Morgan fingerprint density at radius 3 is 1.12 bits per heavy atom. The van der Waals surface area contributed by atoms with Crippen LogP contribution in [0.15, 0.2) is 0 Å². The molecule has 0 aromatic carbocycles. The van der Waals surface area contributed by atoms with Gasteiger partial charge in [0.2, 0.25) is 0 Å². The van der Waals surface area contributed by atoms with Crippen molar-refractivity contribution in [1.82, 2.24) is 0 Å². The molecule has 0 aliphatic heterocycles. The molecule has 0 aliphatic carbocycles. The van der Waals surface area contributed by atoms with E-state index in [1.54, 1.807) is 10.4 Å². The summed E-state index contributed by atoms with van der Waals surface area (Å²) < 4.78 is 0. The molecule has 54 valence electrons. The van der Waals surface area contributed by atoms with Crippen LogP contribution in [0.1, 0.15) is 0 Å².